The number of hydrogen-bond acceptors (Lipinski definition) is 11. The maximum Gasteiger partial charge on any atom is 0.303 e. The Morgan fingerprint density at radius 1 is 0.776 bits per heavy atom. The zero-order valence-corrected chi connectivity index (χ0v) is 38.0. The maximum absolute atomic E-state index is 12.1. The predicted octanol–water partition coefficient (Wildman–Crippen LogP) is 9.79. The monoisotopic (exact) mass is 833 g/mol. The summed E-state index contributed by atoms with van der Waals surface area (Å²) in [5.41, 5.74) is 1.81. The van der Waals surface area contributed by atoms with E-state index in [0.29, 0.717) is 22.7 Å². The summed E-state index contributed by atoms with van der Waals surface area (Å²) in [4.78, 5) is 47.9. The summed E-state index contributed by atoms with van der Waals surface area (Å²) in [6.45, 7) is 18.1. The topological polar surface area (TPSA) is 124 Å². The van der Waals surface area contributed by atoms with Crippen molar-refractivity contribution in [2.75, 3.05) is 19.0 Å². The molecule has 1 heterocycles. The van der Waals surface area contributed by atoms with E-state index < -0.39 is 53.7 Å². The summed E-state index contributed by atoms with van der Waals surface area (Å²) in [5, 5.41) is 0. The normalized spacial score (nSPS) is 36.1. The molecule has 5 aliphatic rings. The van der Waals surface area contributed by atoms with Gasteiger partial charge in [-0.1, -0.05) is 78.4 Å². The molecule has 4 aliphatic carbocycles. The molecule has 1 saturated heterocycles. The van der Waals surface area contributed by atoms with E-state index in [0.717, 1.165) is 80.6 Å². The van der Waals surface area contributed by atoms with E-state index in [9.17, 15) is 19.2 Å². The average molecular weight is 833 g/mol. The SMILES string of the molecule is CC(=O)OC[C@H]1O[C@H](SCCCCCCO[C@H]2CC[C@@]3(C)C(=CCC4C3CC[C@@]3(C)C4CC[C@@H]3[C@H](C)CCCC(C)C)C2)[C@@H](OC(C)=O)[C@@H](OC(C)=O)[C@@H]1OC(C)=O. The summed E-state index contributed by atoms with van der Waals surface area (Å²) >= 11 is 1.44. The van der Waals surface area contributed by atoms with Crippen molar-refractivity contribution in [3.63, 3.8) is 0 Å². The fourth-order valence-electron chi connectivity index (χ4n) is 12.1. The molecule has 0 N–H and O–H groups in total. The molecule has 0 radical (unpaired) electrons. The van der Waals surface area contributed by atoms with Crippen LogP contribution >= 0.6 is 11.8 Å². The van der Waals surface area contributed by atoms with Gasteiger partial charge in [-0.3, -0.25) is 19.2 Å². The quantitative estimate of drug-likeness (QED) is 0.0535. The highest BCUT2D eigenvalue weighted by Gasteiger charge is 2.59. The molecule has 0 aromatic heterocycles. The summed E-state index contributed by atoms with van der Waals surface area (Å²) in [7, 11) is 0. The second-order valence-corrected chi connectivity index (χ2v) is 20.6. The van der Waals surface area contributed by atoms with Gasteiger partial charge in [0.05, 0.1) is 6.10 Å². The van der Waals surface area contributed by atoms with Crippen LogP contribution in [-0.4, -0.2) is 78.8 Å². The first kappa shape index (κ1) is 46.9. The minimum absolute atomic E-state index is 0.216. The number of unbranched alkanes of at least 4 members (excludes halogenated alkanes) is 3. The van der Waals surface area contributed by atoms with Crippen LogP contribution in [0, 0.1) is 46.3 Å². The first-order valence-corrected chi connectivity index (χ1v) is 23.8. The van der Waals surface area contributed by atoms with Crippen molar-refractivity contribution in [2.24, 2.45) is 46.3 Å². The second kappa shape index (κ2) is 21.1. The van der Waals surface area contributed by atoms with Crippen molar-refractivity contribution in [1.82, 2.24) is 0 Å². The Bertz CT molecular complexity index is 1430. The fraction of sp³-hybridized carbons (Fsp3) is 0.872. The van der Waals surface area contributed by atoms with Crippen LogP contribution in [0.3, 0.4) is 0 Å². The third kappa shape index (κ3) is 11.6. The van der Waals surface area contributed by atoms with Crippen molar-refractivity contribution in [2.45, 2.75) is 195 Å². The molecule has 5 rings (SSSR count). The minimum Gasteiger partial charge on any atom is -0.463 e. The van der Waals surface area contributed by atoms with E-state index in [1.165, 1.54) is 97.2 Å². The van der Waals surface area contributed by atoms with Crippen molar-refractivity contribution >= 4 is 35.6 Å². The van der Waals surface area contributed by atoms with Crippen LogP contribution in [-0.2, 0) is 47.6 Å². The molecule has 0 spiro atoms. The van der Waals surface area contributed by atoms with Gasteiger partial charge in [-0.15, -0.1) is 11.8 Å². The van der Waals surface area contributed by atoms with Gasteiger partial charge in [0.1, 0.15) is 18.1 Å². The van der Waals surface area contributed by atoms with Gasteiger partial charge >= 0.3 is 23.9 Å². The molecule has 58 heavy (non-hydrogen) atoms. The van der Waals surface area contributed by atoms with Gasteiger partial charge in [0, 0.05) is 34.3 Å². The van der Waals surface area contributed by atoms with Gasteiger partial charge in [-0.05, 0) is 116 Å². The number of carbonyl (C=O) groups excluding carboxylic acids is 4. The number of ether oxygens (including phenoxy) is 6. The van der Waals surface area contributed by atoms with Crippen LogP contribution in [0.2, 0.25) is 0 Å². The standard InChI is InChI=1S/C47H76O10S/c1-29(2)15-14-16-30(3)38-19-20-39-37-18-17-35-27-36(21-23-46(35,8)40(37)22-24-47(38,39)9)52-25-12-10-11-13-26-58-45-44(56-34(7)51)43(55-33(6)50)42(54-32(5)49)41(57-45)28-53-31(4)48/h17,29-30,36-45H,10-16,18-28H2,1-9H3/t30-,36+,37?,38-,39?,40?,41-,42-,43+,44+,45-,46+,47-/m1/s1. The van der Waals surface area contributed by atoms with Crippen LogP contribution in [0.25, 0.3) is 0 Å². The van der Waals surface area contributed by atoms with Crippen LogP contribution < -0.4 is 0 Å². The highest BCUT2D eigenvalue weighted by atomic mass is 32.2. The van der Waals surface area contributed by atoms with Crippen molar-refractivity contribution in [3.8, 4) is 0 Å². The van der Waals surface area contributed by atoms with E-state index in [4.69, 9.17) is 28.4 Å². The summed E-state index contributed by atoms with van der Waals surface area (Å²) < 4.78 is 34.6. The Kier molecular flexibility index (Phi) is 17.1. The van der Waals surface area contributed by atoms with Gasteiger partial charge in [0.15, 0.2) is 18.3 Å². The summed E-state index contributed by atoms with van der Waals surface area (Å²) in [5.74, 6) is 3.44. The zero-order chi connectivity index (χ0) is 42.2. The van der Waals surface area contributed by atoms with Crippen LogP contribution in [0.4, 0.5) is 0 Å². The predicted molar refractivity (Wildman–Crippen MR) is 226 cm³/mol. The Labute approximate surface area is 353 Å². The van der Waals surface area contributed by atoms with Gasteiger partial charge < -0.3 is 28.4 Å². The van der Waals surface area contributed by atoms with Crippen molar-refractivity contribution < 1.29 is 47.6 Å². The Morgan fingerprint density at radius 2 is 1.47 bits per heavy atom. The smallest absolute Gasteiger partial charge is 0.303 e. The van der Waals surface area contributed by atoms with Crippen molar-refractivity contribution in [3.05, 3.63) is 11.6 Å². The second-order valence-electron chi connectivity index (χ2n) is 19.4. The van der Waals surface area contributed by atoms with Gasteiger partial charge in [-0.2, -0.15) is 0 Å². The van der Waals surface area contributed by atoms with E-state index in [2.05, 4.69) is 40.7 Å². The van der Waals surface area contributed by atoms with E-state index >= 15 is 0 Å². The molecule has 0 bridgehead atoms. The lowest BCUT2D eigenvalue weighted by Gasteiger charge is -2.58. The summed E-state index contributed by atoms with van der Waals surface area (Å²) in [6.07, 6.45) is 17.3. The maximum atomic E-state index is 12.1. The van der Waals surface area contributed by atoms with Crippen LogP contribution in [0.5, 0.6) is 0 Å². The summed E-state index contributed by atoms with van der Waals surface area (Å²) in [6, 6.07) is 0. The molecular formula is C47H76O10S. The lowest BCUT2D eigenvalue weighted by molar-refractivity contribution is -0.237. The van der Waals surface area contributed by atoms with Gasteiger partial charge in [-0.25, -0.2) is 0 Å². The van der Waals surface area contributed by atoms with E-state index in [1.807, 2.05) is 0 Å². The zero-order valence-electron chi connectivity index (χ0n) is 37.2. The number of fused-ring (bicyclic) bond motifs is 5. The van der Waals surface area contributed by atoms with E-state index in [1.54, 1.807) is 5.57 Å². The lowest BCUT2D eigenvalue weighted by atomic mass is 9.47. The molecule has 0 amide bonds. The first-order chi connectivity index (χ1) is 27.5. The molecular weight excluding hydrogens is 757 g/mol. The number of allylic oxidation sites excluding steroid dienone is 1. The third-order valence-electron chi connectivity index (χ3n) is 14.9. The molecule has 3 unspecified atom stereocenters. The number of thioether (sulfide) groups is 1. The molecule has 0 aromatic rings. The van der Waals surface area contributed by atoms with Crippen LogP contribution in [0.1, 0.15) is 159 Å². The molecule has 13 atom stereocenters. The number of carbonyl (C=O) groups is 4. The highest BCUT2D eigenvalue weighted by molar-refractivity contribution is 7.99. The molecule has 10 nitrogen and oxygen atoms in total. The van der Waals surface area contributed by atoms with Crippen LogP contribution in [0.15, 0.2) is 11.6 Å². The molecule has 330 valence electrons. The Hall–Kier alpha value is -2.11. The lowest BCUT2D eigenvalue weighted by Crippen LogP contribution is -2.61. The molecule has 3 saturated carbocycles. The molecule has 1 aliphatic heterocycles. The number of esters is 4. The highest BCUT2D eigenvalue weighted by Crippen LogP contribution is 2.67. The van der Waals surface area contributed by atoms with Crippen molar-refractivity contribution in [1.29, 1.82) is 0 Å². The Balaban J connectivity index is 1.06. The minimum atomic E-state index is -1.13. The average Bonchev–Trinajstić information content (AvgIpc) is 3.50. The largest absolute Gasteiger partial charge is 0.463 e. The molecule has 0 aromatic carbocycles. The number of rotatable bonds is 19. The van der Waals surface area contributed by atoms with E-state index in [-0.39, 0.29) is 6.61 Å². The number of hydrogen-bond donors (Lipinski definition) is 0. The molecule has 11 heteroatoms. The van der Waals surface area contributed by atoms with Gasteiger partial charge in [0.25, 0.3) is 0 Å². The first-order valence-electron chi connectivity index (χ1n) is 22.8. The Morgan fingerprint density at radius 3 is 2.16 bits per heavy atom. The molecule has 4 fully saturated rings. The fourth-order valence-corrected chi connectivity index (χ4v) is 13.3. The van der Waals surface area contributed by atoms with Gasteiger partial charge in [0.2, 0.25) is 0 Å². The third-order valence-corrected chi connectivity index (χ3v) is 16.1.